The quantitative estimate of drug-likeness (QED) is 0.840. The van der Waals surface area contributed by atoms with E-state index in [4.69, 9.17) is 0 Å². The molecule has 0 bridgehead atoms. The molecule has 0 saturated heterocycles. The summed E-state index contributed by atoms with van der Waals surface area (Å²) >= 11 is 0. The van der Waals surface area contributed by atoms with Gasteiger partial charge >= 0.3 is 0 Å². The Morgan fingerprint density at radius 3 is 2.75 bits per heavy atom. The molecule has 3 nitrogen and oxygen atoms in total. The zero-order chi connectivity index (χ0) is 11.5. The predicted molar refractivity (Wildman–Crippen MR) is 61.7 cm³/mol. The van der Waals surface area contributed by atoms with E-state index < -0.39 is 0 Å². The second-order valence-corrected chi connectivity index (χ2v) is 3.50. The lowest BCUT2D eigenvalue weighted by Gasteiger charge is -2.06. The topological polar surface area (TPSA) is 37.8 Å². The van der Waals surface area contributed by atoms with Crippen molar-refractivity contribution >= 4 is 5.82 Å². The van der Waals surface area contributed by atoms with Crippen LogP contribution in [0.15, 0.2) is 30.6 Å². The van der Waals surface area contributed by atoms with Gasteiger partial charge in [-0.15, -0.1) is 0 Å². The minimum atomic E-state index is -0.237. The van der Waals surface area contributed by atoms with Crippen molar-refractivity contribution in [1.82, 2.24) is 9.97 Å². The molecule has 0 radical (unpaired) electrons. The first kappa shape index (κ1) is 10.5. The fourth-order valence-electron chi connectivity index (χ4n) is 1.53. The monoisotopic (exact) mass is 217 g/mol. The number of aromatic nitrogens is 2. The van der Waals surface area contributed by atoms with Gasteiger partial charge in [-0.2, -0.15) is 0 Å². The first-order valence-electron chi connectivity index (χ1n) is 4.97. The van der Waals surface area contributed by atoms with Crippen LogP contribution in [0.25, 0.3) is 11.3 Å². The van der Waals surface area contributed by atoms with E-state index in [1.807, 2.05) is 6.92 Å². The summed E-state index contributed by atoms with van der Waals surface area (Å²) < 4.78 is 13.0. The van der Waals surface area contributed by atoms with E-state index in [9.17, 15) is 4.39 Å². The van der Waals surface area contributed by atoms with Gasteiger partial charge in [0, 0.05) is 12.6 Å². The normalized spacial score (nSPS) is 10.2. The Morgan fingerprint density at radius 1 is 1.25 bits per heavy atom. The average molecular weight is 217 g/mol. The lowest BCUT2D eigenvalue weighted by atomic mass is 10.1. The molecular weight excluding hydrogens is 205 g/mol. The van der Waals surface area contributed by atoms with Crippen LogP contribution in [0, 0.1) is 12.7 Å². The molecule has 0 aliphatic heterocycles. The predicted octanol–water partition coefficient (Wildman–Crippen LogP) is 2.63. The molecule has 4 heteroatoms. The number of nitrogens with zero attached hydrogens (tertiary/aromatic N) is 2. The molecule has 0 atom stereocenters. The van der Waals surface area contributed by atoms with Gasteiger partial charge in [0.15, 0.2) is 0 Å². The molecule has 0 saturated carbocycles. The third-order valence-electron chi connectivity index (χ3n) is 2.36. The molecule has 0 fully saturated rings. The zero-order valence-electron chi connectivity index (χ0n) is 9.16. The number of aryl methyl sites for hydroxylation is 1. The molecule has 16 heavy (non-hydrogen) atoms. The Balaban J connectivity index is 2.49. The second-order valence-electron chi connectivity index (χ2n) is 3.50. The van der Waals surface area contributed by atoms with Crippen molar-refractivity contribution in [2.45, 2.75) is 6.92 Å². The number of halogens is 1. The van der Waals surface area contributed by atoms with Gasteiger partial charge in [-0.3, -0.25) is 4.98 Å². The number of anilines is 1. The molecular formula is C12H12FN3. The fourth-order valence-corrected chi connectivity index (χ4v) is 1.53. The molecule has 2 aromatic rings. The van der Waals surface area contributed by atoms with Gasteiger partial charge in [-0.05, 0) is 30.7 Å². The summed E-state index contributed by atoms with van der Waals surface area (Å²) in [6.45, 7) is 1.85. The van der Waals surface area contributed by atoms with Crippen molar-refractivity contribution in [3.8, 4) is 11.3 Å². The van der Waals surface area contributed by atoms with E-state index in [0.29, 0.717) is 5.82 Å². The highest BCUT2D eigenvalue weighted by Gasteiger charge is 2.05. The van der Waals surface area contributed by atoms with Crippen molar-refractivity contribution in [3.05, 3.63) is 42.0 Å². The molecule has 1 N–H and O–H groups in total. The Morgan fingerprint density at radius 2 is 2.06 bits per heavy atom. The van der Waals surface area contributed by atoms with Crippen LogP contribution in [-0.4, -0.2) is 17.0 Å². The van der Waals surface area contributed by atoms with Crippen LogP contribution in [-0.2, 0) is 0 Å². The van der Waals surface area contributed by atoms with E-state index in [1.54, 1.807) is 25.5 Å². The molecule has 2 rings (SSSR count). The van der Waals surface area contributed by atoms with Crippen LogP contribution in [0.5, 0.6) is 0 Å². The van der Waals surface area contributed by atoms with Crippen LogP contribution in [0.4, 0.5) is 10.2 Å². The summed E-state index contributed by atoms with van der Waals surface area (Å²) in [5, 5.41) is 2.92. The van der Waals surface area contributed by atoms with Gasteiger partial charge in [-0.1, -0.05) is 0 Å². The zero-order valence-corrected chi connectivity index (χ0v) is 9.16. The van der Waals surface area contributed by atoms with Gasteiger partial charge in [-0.25, -0.2) is 9.37 Å². The van der Waals surface area contributed by atoms with Crippen LogP contribution in [0.3, 0.4) is 0 Å². The molecule has 82 valence electrons. The molecule has 0 spiro atoms. The number of hydrogen-bond acceptors (Lipinski definition) is 3. The third-order valence-corrected chi connectivity index (χ3v) is 2.36. The van der Waals surface area contributed by atoms with Crippen LogP contribution >= 0.6 is 0 Å². The third kappa shape index (κ3) is 2.00. The van der Waals surface area contributed by atoms with E-state index in [0.717, 1.165) is 16.8 Å². The van der Waals surface area contributed by atoms with Gasteiger partial charge in [0.25, 0.3) is 0 Å². The highest BCUT2D eigenvalue weighted by atomic mass is 19.1. The van der Waals surface area contributed by atoms with Gasteiger partial charge in [0.1, 0.15) is 11.6 Å². The minimum Gasteiger partial charge on any atom is -0.372 e. The smallest absolute Gasteiger partial charge is 0.144 e. The lowest BCUT2D eigenvalue weighted by molar-refractivity contribution is 0.627. The number of benzene rings is 1. The van der Waals surface area contributed by atoms with E-state index in [1.165, 1.54) is 12.1 Å². The Bertz CT molecular complexity index is 511. The molecule has 1 aromatic carbocycles. The van der Waals surface area contributed by atoms with Gasteiger partial charge in [0.2, 0.25) is 0 Å². The molecule has 0 unspecified atom stereocenters. The van der Waals surface area contributed by atoms with Crippen molar-refractivity contribution < 1.29 is 4.39 Å². The lowest BCUT2D eigenvalue weighted by Crippen LogP contribution is -1.96. The van der Waals surface area contributed by atoms with Gasteiger partial charge < -0.3 is 5.32 Å². The van der Waals surface area contributed by atoms with Crippen LogP contribution in [0.1, 0.15) is 5.56 Å². The maximum Gasteiger partial charge on any atom is 0.144 e. The Labute approximate surface area is 93.4 Å². The summed E-state index contributed by atoms with van der Waals surface area (Å²) in [6.07, 6.45) is 3.31. The standard InChI is InChI=1S/C12H12FN3/c1-8-5-9(13)3-4-10(8)11-6-15-7-12(14-2)16-11/h3-7H,1-2H3,(H,14,16). The number of nitrogens with one attached hydrogen (secondary N) is 1. The minimum absolute atomic E-state index is 0.237. The second kappa shape index (κ2) is 4.26. The average Bonchev–Trinajstić information content (AvgIpc) is 2.29. The first-order valence-corrected chi connectivity index (χ1v) is 4.97. The molecule has 0 aliphatic carbocycles. The Hall–Kier alpha value is -1.97. The molecule has 1 heterocycles. The van der Waals surface area contributed by atoms with Crippen LogP contribution in [0.2, 0.25) is 0 Å². The van der Waals surface area contributed by atoms with Gasteiger partial charge in [0.05, 0.1) is 18.1 Å². The highest BCUT2D eigenvalue weighted by molar-refractivity contribution is 5.63. The summed E-state index contributed by atoms with van der Waals surface area (Å²) in [5.41, 5.74) is 2.48. The van der Waals surface area contributed by atoms with Crippen molar-refractivity contribution in [2.24, 2.45) is 0 Å². The van der Waals surface area contributed by atoms with Crippen molar-refractivity contribution in [1.29, 1.82) is 0 Å². The Kier molecular flexibility index (Phi) is 2.81. The SMILES string of the molecule is CNc1cncc(-c2ccc(F)cc2C)n1. The van der Waals surface area contributed by atoms with Crippen molar-refractivity contribution in [3.63, 3.8) is 0 Å². The maximum atomic E-state index is 13.0. The largest absolute Gasteiger partial charge is 0.372 e. The molecule has 0 amide bonds. The molecule has 1 aromatic heterocycles. The number of hydrogen-bond donors (Lipinski definition) is 1. The highest BCUT2D eigenvalue weighted by Crippen LogP contribution is 2.22. The van der Waals surface area contributed by atoms with E-state index in [2.05, 4.69) is 15.3 Å². The maximum absolute atomic E-state index is 13.0. The summed E-state index contributed by atoms with van der Waals surface area (Å²) in [7, 11) is 1.78. The first-order chi connectivity index (χ1) is 7.70. The fraction of sp³-hybridized carbons (Fsp3) is 0.167. The van der Waals surface area contributed by atoms with Crippen LogP contribution < -0.4 is 5.32 Å². The van der Waals surface area contributed by atoms with E-state index >= 15 is 0 Å². The summed E-state index contributed by atoms with van der Waals surface area (Å²) in [4.78, 5) is 8.43. The summed E-state index contributed by atoms with van der Waals surface area (Å²) in [6, 6.07) is 4.63. The van der Waals surface area contributed by atoms with E-state index in [-0.39, 0.29) is 5.82 Å². The number of rotatable bonds is 2. The summed E-state index contributed by atoms with van der Waals surface area (Å²) in [5.74, 6) is 0.459. The van der Waals surface area contributed by atoms with Crippen molar-refractivity contribution in [2.75, 3.05) is 12.4 Å². The molecule has 0 aliphatic rings.